The van der Waals surface area contributed by atoms with Gasteiger partial charge in [0.1, 0.15) is 24.1 Å². The molecule has 36 heavy (non-hydrogen) atoms. The second-order valence-corrected chi connectivity index (χ2v) is 25.2. The summed E-state index contributed by atoms with van der Waals surface area (Å²) in [6.45, 7) is 20.1. The van der Waals surface area contributed by atoms with Crippen molar-refractivity contribution in [1.29, 1.82) is 0 Å². The number of rotatable bonds is 10. The van der Waals surface area contributed by atoms with E-state index in [1.54, 1.807) is 24.3 Å². The summed E-state index contributed by atoms with van der Waals surface area (Å²) in [7, 11) is -5.11. The number of nitrogens with one attached hydrogen (secondary N) is 1. The average Bonchev–Trinajstić information content (AvgIpc) is 2.68. The number of hydrogen-bond donors (Lipinski definition) is 1. The fourth-order valence-electron chi connectivity index (χ4n) is 3.81. The van der Waals surface area contributed by atoms with Gasteiger partial charge in [-0.15, -0.1) is 0 Å². The first-order chi connectivity index (χ1) is 16.4. The zero-order chi connectivity index (χ0) is 27.5. The molecule has 1 N–H and O–H groups in total. The quantitative estimate of drug-likeness (QED) is 0.329. The molecule has 0 radical (unpaired) electrons. The highest BCUT2D eigenvalue weighted by Gasteiger charge is 2.55. The van der Waals surface area contributed by atoms with Crippen LogP contribution in [-0.2, 0) is 32.3 Å². The molecular weight excluding hydrogens is 515 g/mol. The minimum Gasteiger partial charge on any atom is -0.467 e. The Bertz CT molecular complexity index is 910. The van der Waals surface area contributed by atoms with Crippen molar-refractivity contribution < 1.29 is 37.1 Å². The SMILES string of the molecule is COC(=O)C1OC(Oc2cccc(NC(C)=O)c2)C(O[Si](C)(C)C)C(O[Si](C)(C)C)C1O[Si](C)(C)C. The van der Waals surface area contributed by atoms with E-state index in [2.05, 4.69) is 64.2 Å². The first-order valence-corrected chi connectivity index (χ1v) is 22.4. The van der Waals surface area contributed by atoms with Crippen LogP contribution in [0.25, 0.3) is 0 Å². The Morgan fingerprint density at radius 3 is 1.86 bits per heavy atom. The van der Waals surface area contributed by atoms with E-state index in [1.807, 2.05) is 0 Å². The monoisotopic (exact) mass is 557 g/mol. The number of esters is 1. The molecule has 1 heterocycles. The molecule has 5 atom stereocenters. The Labute approximate surface area is 218 Å². The summed E-state index contributed by atoms with van der Waals surface area (Å²) in [5.41, 5.74) is 0.581. The van der Waals surface area contributed by atoms with E-state index in [0.717, 1.165) is 0 Å². The molecule has 12 heteroatoms. The van der Waals surface area contributed by atoms with Crippen LogP contribution in [0.4, 0.5) is 5.69 Å². The van der Waals surface area contributed by atoms with Crippen molar-refractivity contribution in [2.75, 3.05) is 12.4 Å². The van der Waals surface area contributed by atoms with Crippen molar-refractivity contribution in [1.82, 2.24) is 0 Å². The summed E-state index contributed by atoms with van der Waals surface area (Å²) < 4.78 is 37.5. The average molecular weight is 558 g/mol. The first kappa shape index (κ1) is 30.7. The van der Waals surface area contributed by atoms with Crippen molar-refractivity contribution in [2.45, 2.75) is 96.6 Å². The molecule has 0 spiro atoms. The van der Waals surface area contributed by atoms with E-state index in [4.69, 9.17) is 27.5 Å². The lowest BCUT2D eigenvalue weighted by Gasteiger charge is -2.49. The van der Waals surface area contributed by atoms with Gasteiger partial charge in [-0.3, -0.25) is 4.79 Å². The van der Waals surface area contributed by atoms with Crippen molar-refractivity contribution in [3.63, 3.8) is 0 Å². The third-order valence-electron chi connectivity index (χ3n) is 4.80. The minimum absolute atomic E-state index is 0.193. The highest BCUT2D eigenvalue weighted by atomic mass is 28.4. The van der Waals surface area contributed by atoms with Gasteiger partial charge in [0.15, 0.2) is 31.1 Å². The number of methoxy groups -OCH3 is 1. The number of benzene rings is 1. The predicted molar refractivity (Wildman–Crippen MR) is 147 cm³/mol. The largest absolute Gasteiger partial charge is 0.467 e. The molecule has 0 aromatic heterocycles. The maximum atomic E-state index is 12.9. The number of hydrogen-bond acceptors (Lipinski definition) is 8. The predicted octanol–water partition coefficient (Wildman–Crippen LogP) is 4.58. The molecule has 9 nitrogen and oxygen atoms in total. The summed E-state index contributed by atoms with van der Waals surface area (Å²) >= 11 is 0. The van der Waals surface area contributed by atoms with E-state index in [-0.39, 0.29) is 5.91 Å². The van der Waals surface area contributed by atoms with Gasteiger partial charge >= 0.3 is 5.97 Å². The molecule has 0 aliphatic carbocycles. The van der Waals surface area contributed by atoms with Crippen LogP contribution in [0.15, 0.2) is 24.3 Å². The fourth-order valence-corrected chi connectivity index (χ4v) is 7.03. The fraction of sp³-hybridized carbons (Fsp3) is 0.667. The summed E-state index contributed by atoms with van der Waals surface area (Å²) in [5, 5.41) is 2.75. The molecule has 1 saturated heterocycles. The van der Waals surface area contributed by atoms with Gasteiger partial charge in [-0.05, 0) is 71.1 Å². The third kappa shape index (κ3) is 9.73. The van der Waals surface area contributed by atoms with E-state index in [0.29, 0.717) is 11.4 Å². The van der Waals surface area contributed by atoms with E-state index in [1.165, 1.54) is 14.0 Å². The Morgan fingerprint density at radius 2 is 1.36 bits per heavy atom. The van der Waals surface area contributed by atoms with Gasteiger partial charge in [-0.25, -0.2) is 4.79 Å². The molecule has 1 fully saturated rings. The molecule has 1 amide bonds. The highest BCUT2D eigenvalue weighted by Crippen LogP contribution is 2.35. The summed E-state index contributed by atoms with van der Waals surface area (Å²) in [5.74, 6) is -0.300. The zero-order valence-electron chi connectivity index (χ0n) is 23.5. The zero-order valence-corrected chi connectivity index (χ0v) is 26.5. The summed E-state index contributed by atoms with van der Waals surface area (Å²) in [4.78, 5) is 24.5. The number of anilines is 1. The Kier molecular flexibility index (Phi) is 10.1. The molecule has 1 aromatic carbocycles. The molecule has 1 aliphatic heterocycles. The maximum Gasteiger partial charge on any atom is 0.337 e. The normalized spacial score (nSPS) is 25.2. The molecular formula is C24H43NO8Si3. The van der Waals surface area contributed by atoms with Crippen molar-refractivity contribution >= 4 is 42.5 Å². The van der Waals surface area contributed by atoms with Crippen LogP contribution in [0.5, 0.6) is 5.75 Å². The van der Waals surface area contributed by atoms with Gasteiger partial charge in [0, 0.05) is 18.7 Å². The van der Waals surface area contributed by atoms with Gasteiger partial charge in [0.25, 0.3) is 0 Å². The topological polar surface area (TPSA) is 102 Å². The van der Waals surface area contributed by atoms with Crippen LogP contribution in [0.3, 0.4) is 0 Å². The molecule has 5 unspecified atom stereocenters. The van der Waals surface area contributed by atoms with Gasteiger partial charge < -0.3 is 32.8 Å². The van der Waals surface area contributed by atoms with Crippen molar-refractivity contribution in [3.05, 3.63) is 24.3 Å². The van der Waals surface area contributed by atoms with Crippen LogP contribution >= 0.6 is 0 Å². The van der Waals surface area contributed by atoms with Crippen molar-refractivity contribution in [3.8, 4) is 5.75 Å². The lowest BCUT2D eigenvalue weighted by atomic mass is 9.99. The highest BCUT2D eigenvalue weighted by molar-refractivity contribution is 6.70. The second-order valence-electron chi connectivity index (χ2n) is 11.9. The smallest absolute Gasteiger partial charge is 0.337 e. The lowest BCUT2D eigenvalue weighted by molar-refractivity contribution is -0.261. The minimum atomic E-state index is -2.15. The van der Waals surface area contributed by atoms with Crippen LogP contribution < -0.4 is 10.1 Å². The Morgan fingerprint density at radius 1 is 0.833 bits per heavy atom. The Balaban J connectivity index is 2.58. The van der Waals surface area contributed by atoms with E-state index in [9.17, 15) is 9.59 Å². The maximum absolute atomic E-state index is 12.9. The van der Waals surface area contributed by atoms with Crippen LogP contribution in [-0.4, -0.2) is 74.6 Å². The molecule has 1 aliphatic rings. The summed E-state index contributed by atoms with van der Waals surface area (Å²) in [6.07, 6.45) is -4.03. The van der Waals surface area contributed by atoms with Gasteiger partial charge in [-0.1, -0.05) is 6.07 Å². The molecule has 0 bridgehead atoms. The van der Waals surface area contributed by atoms with Crippen molar-refractivity contribution in [2.24, 2.45) is 0 Å². The standard InChI is InChI=1S/C24H43NO8Si3/c1-16(26)25-17-13-12-14-18(15-17)29-24-22(33-36(9,10)11)20(32-35(6,7)8)19(31-34(3,4)5)21(30-24)23(27)28-2/h12-15,19-22,24H,1-11H3,(H,25,26). The Hall–Kier alpha value is -1.55. The molecule has 1 aromatic rings. The molecule has 0 saturated carbocycles. The van der Waals surface area contributed by atoms with Gasteiger partial charge in [-0.2, -0.15) is 0 Å². The van der Waals surface area contributed by atoms with E-state index < -0.39 is 61.6 Å². The number of carbonyl (C=O) groups excluding carboxylic acids is 2. The van der Waals surface area contributed by atoms with Gasteiger partial charge in [0.05, 0.1) is 7.11 Å². The first-order valence-electron chi connectivity index (χ1n) is 12.2. The number of carbonyl (C=O) groups is 2. The summed E-state index contributed by atoms with van der Waals surface area (Å²) in [6, 6.07) is 6.98. The molecule has 2 rings (SSSR count). The van der Waals surface area contributed by atoms with Crippen LogP contribution in [0.1, 0.15) is 6.92 Å². The third-order valence-corrected chi connectivity index (χ3v) is 7.74. The number of amides is 1. The second kappa shape index (κ2) is 11.9. The van der Waals surface area contributed by atoms with Crippen LogP contribution in [0, 0.1) is 0 Å². The van der Waals surface area contributed by atoms with Crippen LogP contribution in [0.2, 0.25) is 58.9 Å². The number of ether oxygens (including phenoxy) is 3. The van der Waals surface area contributed by atoms with E-state index >= 15 is 0 Å². The molecule has 204 valence electrons. The lowest BCUT2D eigenvalue weighted by Crippen LogP contribution is -2.67. The van der Waals surface area contributed by atoms with Gasteiger partial charge in [0.2, 0.25) is 12.2 Å².